The van der Waals surface area contributed by atoms with E-state index >= 15 is 0 Å². The summed E-state index contributed by atoms with van der Waals surface area (Å²) in [4.78, 5) is 22.1. The summed E-state index contributed by atoms with van der Waals surface area (Å²) in [5.74, 6) is -0.254. The molecule has 6 rings (SSSR count). The molecule has 2 N–H and O–H groups in total. The van der Waals surface area contributed by atoms with Gasteiger partial charge in [-0.1, -0.05) is 4.91 Å². The molecule has 2 aromatic carbocycles. The lowest BCUT2D eigenvalue weighted by molar-refractivity contribution is 0.258. The van der Waals surface area contributed by atoms with Crippen molar-refractivity contribution in [1.29, 1.82) is 0 Å². The van der Waals surface area contributed by atoms with Crippen LogP contribution in [0.1, 0.15) is 5.69 Å². The van der Waals surface area contributed by atoms with Crippen molar-refractivity contribution in [2.45, 2.75) is 6.92 Å². The molecule has 12 nitrogen and oxygen atoms in total. The van der Waals surface area contributed by atoms with Crippen molar-refractivity contribution in [3.63, 3.8) is 0 Å². The first-order valence-corrected chi connectivity index (χ1v) is 11.8. The molecule has 0 aliphatic rings. The predicted octanol–water partition coefficient (Wildman–Crippen LogP) is 4.43. The number of aromatic nitrogens is 8. The molecular weight excluding hydrogens is 503 g/mol. The van der Waals surface area contributed by atoms with Crippen LogP contribution in [-0.2, 0) is 7.05 Å². The number of ether oxygens (including phenoxy) is 1. The van der Waals surface area contributed by atoms with Crippen molar-refractivity contribution in [3.05, 3.63) is 91.2 Å². The van der Waals surface area contributed by atoms with Gasteiger partial charge >= 0.3 is 6.03 Å². The quantitative estimate of drug-likeness (QED) is 0.330. The van der Waals surface area contributed by atoms with Gasteiger partial charge in [-0.2, -0.15) is 5.10 Å². The summed E-state index contributed by atoms with van der Waals surface area (Å²) in [5, 5.41) is 15.2. The fourth-order valence-corrected chi connectivity index (χ4v) is 3.90. The summed E-state index contributed by atoms with van der Waals surface area (Å²) < 4.78 is 24.0. The van der Waals surface area contributed by atoms with Crippen molar-refractivity contribution in [2.75, 3.05) is 10.7 Å². The summed E-state index contributed by atoms with van der Waals surface area (Å²) in [7, 11) is 1.81. The van der Waals surface area contributed by atoms with Crippen LogP contribution >= 0.6 is 0 Å². The zero-order chi connectivity index (χ0) is 26.9. The number of carbonyl (C=O) groups excluding carboxylic acids is 1. The van der Waals surface area contributed by atoms with Crippen LogP contribution in [0.5, 0.6) is 11.5 Å². The van der Waals surface area contributed by atoms with Crippen molar-refractivity contribution in [2.24, 2.45) is 7.05 Å². The molecule has 0 radical (unpaired) electrons. The number of anilines is 1. The number of nitrogens with one attached hydrogen (secondary N) is 2. The zero-order valence-electron chi connectivity index (χ0n) is 20.8. The number of rotatable bonds is 6. The molecule has 6 aromatic rings. The summed E-state index contributed by atoms with van der Waals surface area (Å²) in [6, 6.07) is 12.3. The Labute approximate surface area is 220 Å². The molecule has 0 unspecified atom stereocenters. The van der Waals surface area contributed by atoms with Gasteiger partial charge in [-0.15, -0.1) is 10.2 Å². The summed E-state index contributed by atoms with van der Waals surface area (Å²) in [5.41, 5.74) is 7.08. The highest BCUT2D eigenvalue weighted by Crippen LogP contribution is 2.29. The first-order valence-electron chi connectivity index (χ1n) is 11.8. The lowest BCUT2D eigenvalue weighted by Crippen LogP contribution is -2.29. The largest absolute Gasteiger partial charge is 0.454 e. The predicted molar refractivity (Wildman–Crippen MR) is 141 cm³/mol. The number of benzene rings is 2. The third kappa shape index (κ3) is 5.13. The Kier molecular flexibility index (Phi) is 5.92. The normalized spacial score (nSPS) is 11.1. The monoisotopic (exact) mass is 524 g/mol. The van der Waals surface area contributed by atoms with Crippen LogP contribution in [-0.4, -0.2) is 45.4 Å². The second kappa shape index (κ2) is 9.70. The number of urea groups is 1. The number of hydrogen-bond donors (Lipinski definition) is 2. The van der Waals surface area contributed by atoms with Gasteiger partial charge in [0.05, 0.1) is 23.9 Å². The molecule has 4 aromatic heterocycles. The van der Waals surface area contributed by atoms with Crippen LogP contribution in [0.2, 0.25) is 0 Å². The number of imidazole rings is 1. The van der Waals surface area contributed by atoms with Crippen molar-refractivity contribution < 1.29 is 13.9 Å². The highest BCUT2D eigenvalue weighted by atomic mass is 19.1. The average molecular weight is 525 g/mol. The number of pyridine rings is 1. The molecule has 0 atom stereocenters. The lowest BCUT2D eigenvalue weighted by atomic mass is 10.2. The van der Waals surface area contributed by atoms with E-state index in [1.165, 1.54) is 12.1 Å². The smallest absolute Gasteiger partial charge is 0.340 e. The zero-order valence-corrected chi connectivity index (χ0v) is 20.8. The number of fused-ring (bicyclic) bond motifs is 1. The highest BCUT2D eigenvalue weighted by molar-refractivity contribution is 5.95. The molecule has 0 fully saturated rings. The van der Waals surface area contributed by atoms with Gasteiger partial charge in [0.2, 0.25) is 0 Å². The van der Waals surface area contributed by atoms with Crippen LogP contribution in [0, 0.1) is 12.7 Å². The molecular formula is C26H21FN10O2. The van der Waals surface area contributed by atoms with E-state index in [0.29, 0.717) is 22.5 Å². The van der Waals surface area contributed by atoms with E-state index in [0.717, 1.165) is 27.9 Å². The van der Waals surface area contributed by atoms with Crippen molar-refractivity contribution in [1.82, 2.24) is 39.4 Å². The van der Waals surface area contributed by atoms with Crippen LogP contribution in [0.3, 0.4) is 0 Å². The Morgan fingerprint density at radius 3 is 2.64 bits per heavy atom. The summed E-state index contributed by atoms with van der Waals surface area (Å²) in [6.45, 7) is 1.90. The Hall–Kier alpha value is -5.59. The van der Waals surface area contributed by atoms with E-state index in [-0.39, 0.29) is 11.4 Å². The van der Waals surface area contributed by atoms with Gasteiger partial charge in [0.1, 0.15) is 16.8 Å². The first kappa shape index (κ1) is 23.8. The minimum Gasteiger partial charge on any atom is -0.454 e. The van der Waals surface area contributed by atoms with E-state index in [1.54, 1.807) is 41.6 Å². The molecule has 194 valence electrons. The molecule has 0 bridgehead atoms. The molecule has 0 aliphatic heterocycles. The second-order valence-corrected chi connectivity index (χ2v) is 8.68. The van der Waals surface area contributed by atoms with E-state index in [4.69, 9.17) is 4.74 Å². The molecule has 0 saturated carbocycles. The van der Waals surface area contributed by atoms with Crippen molar-refractivity contribution in [3.8, 4) is 28.4 Å². The average Bonchev–Trinajstić information content (AvgIpc) is 3.64. The second-order valence-electron chi connectivity index (χ2n) is 8.68. The first-order chi connectivity index (χ1) is 18.9. The van der Waals surface area contributed by atoms with E-state index in [2.05, 4.69) is 36.0 Å². The Bertz CT molecular complexity index is 1820. The van der Waals surface area contributed by atoms with Gasteiger partial charge in [0, 0.05) is 54.7 Å². The van der Waals surface area contributed by atoms with Crippen molar-refractivity contribution >= 4 is 22.8 Å². The van der Waals surface area contributed by atoms with E-state index in [1.807, 2.05) is 43.1 Å². The Morgan fingerprint density at radius 1 is 1.00 bits per heavy atom. The number of amides is 2. The maximum absolute atomic E-state index is 14.8. The summed E-state index contributed by atoms with van der Waals surface area (Å²) in [6.07, 6.45) is 8.67. The third-order valence-corrected chi connectivity index (χ3v) is 5.72. The maximum Gasteiger partial charge on any atom is 0.340 e. The number of carbonyl (C=O) groups is 1. The van der Waals surface area contributed by atoms with Gasteiger partial charge < -0.3 is 14.6 Å². The molecule has 39 heavy (non-hydrogen) atoms. The standard InChI is InChI=1S/C26H21FN10O2/c1-16-13-36(15-29-16)19-4-5-22-24(10-19)33-37(32-22)34-26(38)31-18-3-6-25(21(27)9-18)39-20-7-8-28-23(11-20)17-12-30-35(2)14-17/h3-15H,1-2H3,(H2,31,34,38). The maximum atomic E-state index is 14.8. The fourth-order valence-electron chi connectivity index (χ4n) is 3.90. The van der Waals surface area contributed by atoms with Gasteiger partial charge in [-0.3, -0.25) is 9.67 Å². The Morgan fingerprint density at radius 2 is 1.87 bits per heavy atom. The third-order valence-electron chi connectivity index (χ3n) is 5.72. The van der Waals surface area contributed by atoms with Gasteiger partial charge in [0.15, 0.2) is 11.6 Å². The van der Waals surface area contributed by atoms with Crippen LogP contribution in [0.15, 0.2) is 79.6 Å². The lowest BCUT2D eigenvalue weighted by Gasteiger charge is -2.10. The molecule has 0 aliphatic carbocycles. The van der Waals surface area contributed by atoms with E-state index in [9.17, 15) is 9.18 Å². The number of halogens is 1. The fraction of sp³-hybridized carbons (Fsp3) is 0.0769. The van der Waals surface area contributed by atoms with Crippen LogP contribution < -0.4 is 15.5 Å². The molecule has 4 heterocycles. The molecule has 0 spiro atoms. The van der Waals surface area contributed by atoms with Crippen LogP contribution in [0.25, 0.3) is 28.0 Å². The molecule has 13 heteroatoms. The highest BCUT2D eigenvalue weighted by Gasteiger charge is 2.12. The topological polar surface area (TPSA) is 130 Å². The SMILES string of the molecule is Cc1cn(-c2ccc3nn(NC(=O)Nc4ccc(Oc5ccnc(-c6cnn(C)c6)c5)c(F)c4)nc3c2)cn1. The number of nitrogens with zero attached hydrogens (tertiary/aromatic N) is 8. The number of aryl methyl sites for hydroxylation is 2. The van der Waals surface area contributed by atoms with E-state index < -0.39 is 11.8 Å². The van der Waals surface area contributed by atoms with Gasteiger partial charge in [0.25, 0.3) is 0 Å². The minimum atomic E-state index is -0.655. The Balaban J connectivity index is 1.11. The molecule has 0 saturated heterocycles. The van der Waals surface area contributed by atoms with Gasteiger partial charge in [-0.25, -0.2) is 19.6 Å². The summed E-state index contributed by atoms with van der Waals surface area (Å²) >= 11 is 0. The van der Waals surface area contributed by atoms with Crippen LogP contribution in [0.4, 0.5) is 14.9 Å². The van der Waals surface area contributed by atoms with Gasteiger partial charge in [-0.05, 0) is 43.3 Å². The minimum absolute atomic E-state index is 0.00632. The molecule has 2 amide bonds. The number of hydrogen-bond acceptors (Lipinski definition) is 7.